The zero-order chi connectivity index (χ0) is 16.6. The topological polar surface area (TPSA) is 49.4 Å². The predicted octanol–water partition coefficient (Wildman–Crippen LogP) is 3.22. The number of aryl methyl sites for hydroxylation is 2. The van der Waals surface area contributed by atoms with Gasteiger partial charge in [0.15, 0.2) is 0 Å². The molecule has 0 radical (unpaired) electrons. The number of hydrogen-bond donors (Lipinski definition) is 1. The molecular formula is C19H20N2O2. The molecule has 1 aliphatic rings. The van der Waals surface area contributed by atoms with E-state index in [-0.39, 0.29) is 11.8 Å². The summed E-state index contributed by atoms with van der Waals surface area (Å²) in [5.74, 6) is -0.259. The van der Waals surface area contributed by atoms with Gasteiger partial charge in [0.2, 0.25) is 11.8 Å². The van der Waals surface area contributed by atoms with Crippen molar-refractivity contribution >= 4 is 23.2 Å². The van der Waals surface area contributed by atoms with E-state index in [1.54, 1.807) is 4.90 Å². The maximum Gasteiger partial charge on any atom is 0.247 e. The van der Waals surface area contributed by atoms with Gasteiger partial charge in [-0.15, -0.1) is 0 Å². The van der Waals surface area contributed by atoms with Gasteiger partial charge in [-0.1, -0.05) is 36.4 Å². The Labute approximate surface area is 136 Å². The number of carbonyl (C=O) groups excluding carboxylic acids is 2. The van der Waals surface area contributed by atoms with Crippen molar-refractivity contribution < 1.29 is 9.59 Å². The number of rotatable bonds is 2. The van der Waals surface area contributed by atoms with Gasteiger partial charge in [-0.3, -0.25) is 14.5 Å². The number of anilines is 2. The molecule has 1 heterocycles. The molecule has 2 aromatic carbocycles. The second-order valence-corrected chi connectivity index (χ2v) is 5.99. The van der Waals surface area contributed by atoms with E-state index in [1.165, 1.54) is 6.92 Å². The Bertz CT molecular complexity index is 762. The first-order chi connectivity index (χ1) is 11.0. The number of benzene rings is 2. The van der Waals surface area contributed by atoms with E-state index >= 15 is 0 Å². The molecule has 4 heteroatoms. The molecule has 0 fully saturated rings. The molecule has 0 bridgehead atoms. The molecule has 0 aromatic heterocycles. The summed E-state index contributed by atoms with van der Waals surface area (Å²) in [6.45, 7) is 5.44. The highest BCUT2D eigenvalue weighted by atomic mass is 16.2. The smallest absolute Gasteiger partial charge is 0.247 e. The molecule has 1 N–H and O–H groups in total. The summed E-state index contributed by atoms with van der Waals surface area (Å²) in [5, 5.41) is 3.01. The van der Waals surface area contributed by atoms with E-state index in [9.17, 15) is 9.59 Å². The Hall–Kier alpha value is -2.62. The maximum absolute atomic E-state index is 12.8. The molecule has 0 saturated heterocycles. The van der Waals surface area contributed by atoms with Crippen molar-refractivity contribution in [3.63, 3.8) is 0 Å². The van der Waals surface area contributed by atoms with Crippen molar-refractivity contribution in [1.82, 2.24) is 0 Å². The molecule has 0 aliphatic carbocycles. The van der Waals surface area contributed by atoms with Crippen LogP contribution in [0.5, 0.6) is 0 Å². The van der Waals surface area contributed by atoms with Crippen molar-refractivity contribution in [1.29, 1.82) is 0 Å². The second-order valence-electron chi connectivity index (χ2n) is 5.99. The van der Waals surface area contributed by atoms with Crippen molar-refractivity contribution in [3.8, 4) is 0 Å². The summed E-state index contributed by atoms with van der Waals surface area (Å²) in [6.07, 6.45) is 0.548. The number of nitrogens with zero attached hydrogens (tertiary/aromatic N) is 1. The van der Waals surface area contributed by atoms with Gasteiger partial charge in [-0.05, 0) is 36.6 Å². The largest absolute Gasteiger partial charge is 0.324 e. The van der Waals surface area contributed by atoms with Gasteiger partial charge in [0.25, 0.3) is 0 Å². The van der Waals surface area contributed by atoms with Crippen LogP contribution in [-0.2, 0) is 16.0 Å². The fraction of sp³-hybridized carbons (Fsp3) is 0.263. The maximum atomic E-state index is 12.8. The van der Waals surface area contributed by atoms with E-state index in [2.05, 4.69) is 5.32 Å². The highest BCUT2D eigenvalue weighted by Crippen LogP contribution is 2.33. The first-order valence-corrected chi connectivity index (χ1v) is 7.74. The Morgan fingerprint density at radius 2 is 1.70 bits per heavy atom. The minimum atomic E-state index is -0.496. The van der Waals surface area contributed by atoms with Crippen molar-refractivity contribution in [3.05, 3.63) is 59.2 Å². The summed E-state index contributed by atoms with van der Waals surface area (Å²) < 4.78 is 0. The van der Waals surface area contributed by atoms with Crippen molar-refractivity contribution in [2.45, 2.75) is 33.2 Å². The number of carbonyl (C=O) groups is 2. The molecule has 118 valence electrons. The van der Waals surface area contributed by atoms with E-state index in [4.69, 9.17) is 0 Å². The SMILES string of the molecule is CC(=O)N1c2ccccc2C[C@H]1C(=O)Nc1c(C)cccc1C. The van der Waals surface area contributed by atoms with Crippen LogP contribution in [0.2, 0.25) is 0 Å². The first kappa shape index (κ1) is 15.3. The van der Waals surface area contributed by atoms with Gasteiger partial charge in [-0.25, -0.2) is 0 Å². The highest BCUT2D eigenvalue weighted by Gasteiger charge is 2.36. The quantitative estimate of drug-likeness (QED) is 0.926. The Kier molecular flexibility index (Phi) is 3.90. The van der Waals surface area contributed by atoms with E-state index in [0.717, 1.165) is 28.1 Å². The van der Waals surface area contributed by atoms with Gasteiger partial charge >= 0.3 is 0 Å². The molecule has 0 unspecified atom stereocenters. The van der Waals surface area contributed by atoms with Crippen LogP contribution in [0.3, 0.4) is 0 Å². The van der Waals surface area contributed by atoms with Gasteiger partial charge in [0.1, 0.15) is 6.04 Å². The minimum Gasteiger partial charge on any atom is -0.324 e. The molecule has 0 saturated carbocycles. The molecule has 0 spiro atoms. The van der Waals surface area contributed by atoms with Gasteiger partial charge in [0.05, 0.1) is 0 Å². The van der Waals surface area contributed by atoms with Crippen LogP contribution in [0.25, 0.3) is 0 Å². The summed E-state index contributed by atoms with van der Waals surface area (Å²) in [6, 6.07) is 13.1. The number of fused-ring (bicyclic) bond motifs is 1. The number of amides is 2. The Morgan fingerprint density at radius 1 is 1.04 bits per heavy atom. The van der Waals surface area contributed by atoms with E-state index in [1.807, 2.05) is 56.3 Å². The van der Waals surface area contributed by atoms with Crippen LogP contribution in [0.4, 0.5) is 11.4 Å². The lowest BCUT2D eigenvalue weighted by Gasteiger charge is -2.24. The molecule has 2 aromatic rings. The number of hydrogen-bond acceptors (Lipinski definition) is 2. The average molecular weight is 308 g/mol. The summed E-state index contributed by atoms with van der Waals surface area (Å²) >= 11 is 0. The standard InChI is InChI=1S/C19H20N2O2/c1-12-7-6-8-13(2)18(12)20-19(23)17-11-15-9-4-5-10-16(15)21(17)14(3)22/h4-10,17H,11H2,1-3H3,(H,20,23)/t17-/m0/s1. The van der Waals surface area contributed by atoms with Crippen LogP contribution in [-0.4, -0.2) is 17.9 Å². The van der Waals surface area contributed by atoms with E-state index < -0.39 is 6.04 Å². The normalized spacial score (nSPS) is 16.1. The fourth-order valence-electron chi connectivity index (χ4n) is 3.20. The zero-order valence-electron chi connectivity index (χ0n) is 13.6. The van der Waals surface area contributed by atoms with Gasteiger partial charge < -0.3 is 5.32 Å². The van der Waals surface area contributed by atoms with Crippen LogP contribution in [0, 0.1) is 13.8 Å². The zero-order valence-corrected chi connectivity index (χ0v) is 13.6. The van der Waals surface area contributed by atoms with Gasteiger partial charge in [0, 0.05) is 24.7 Å². The first-order valence-electron chi connectivity index (χ1n) is 7.74. The lowest BCUT2D eigenvalue weighted by Crippen LogP contribution is -2.44. The average Bonchev–Trinajstić information content (AvgIpc) is 2.90. The Morgan fingerprint density at radius 3 is 2.35 bits per heavy atom. The van der Waals surface area contributed by atoms with Crippen LogP contribution in [0.15, 0.2) is 42.5 Å². The molecule has 2 amide bonds. The van der Waals surface area contributed by atoms with E-state index in [0.29, 0.717) is 6.42 Å². The molecule has 3 rings (SSSR count). The molecule has 4 nitrogen and oxygen atoms in total. The minimum absolute atomic E-state index is 0.114. The summed E-state index contributed by atoms with van der Waals surface area (Å²) in [4.78, 5) is 26.4. The fourth-order valence-corrected chi connectivity index (χ4v) is 3.20. The molecule has 23 heavy (non-hydrogen) atoms. The monoisotopic (exact) mass is 308 g/mol. The van der Waals surface area contributed by atoms with Crippen molar-refractivity contribution in [2.24, 2.45) is 0 Å². The lowest BCUT2D eigenvalue weighted by atomic mass is 10.1. The summed E-state index contributed by atoms with van der Waals surface area (Å²) in [7, 11) is 0. The molecular weight excluding hydrogens is 288 g/mol. The third-order valence-corrected chi connectivity index (χ3v) is 4.35. The second kappa shape index (κ2) is 5.88. The third kappa shape index (κ3) is 2.72. The third-order valence-electron chi connectivity index (χ3n) is 4.35. The number of nitrogens with one attached hydrogen (secondary N) is 1. The van der Waals surface area contributed by atoms with Crippen LogP contribution in [0.1, 0.15) is 23.6 Å². The van der Waals surface area contributed by atoms with Crippen molar-refractivity contribution in [2.75, 3.05) is 10.2 Å². The lowest BCUT2D eigenvalue weighted by molar-refractivity contribution is -0.122. The molecule has 1 aliphatic heterocycles. The van der Waals surface area contributed by atoms with Gasteiger partial charge in [-0.2, -0.15) is 0 Å². The summed E-state index contributed by atoms with van der Waals surface area (Å²) in [5.41, 5.74) is 4.73. The molecule has 1 atom stereocenters. The highest BCUT2D eigenvalue weighted by molar-refractivity contribution is 6.07. The predicted molar refractivity (Wildman–Crippen MR) is 91.6 cm³/mol. The van der Waals surface area contributed by atoms with Crippen LogP contribution < -0.4 is 10.2 Å². The Balaban J connectivity index is 1.90. The number of para-hydroxylation sites is 2. The van der Waals surface area contributed by atoms with Crippen LogP contribution >= 0.6 is 0 Å².